The van der Waals surface area contributed by atoms with Crippen molar-refractivity contribution < 1.29 is 29.0 Å². The summed E-state index contributed by atoms with van der Waals surface area (Å²) in [5, 5.41) is 15.2. The lowest BCUT2D eigenvalue weighted by molar-refractivity contribution is -0.133. The summed E-state index contributed by atoms with van der Waals surface area (Å²) in [6, 6.07) is 10.6. The van der Waals surface area contributed by atoms with E-state index >= 15 is 0 Å². The number of nitrogens with one attached hydrogen (secondary N) is 2. The van der Waals surface area contributed by atoms with Gasteiger partial charge < -0.3 is 20.5 Å². The van der Waals surface area contributed by atoms with Crippen molar-refractivity contribution in [2.24, 2.45) is 0 Å². The summed E-state index contributed by atoms with van der Waals surface area (Å²) in [4.78, 5) is 50.2. The van der Waals surface area contributed by atoms with Crippen LogP contribution in [0.5, 0.6) is 5.75 Å². The average molecular weight is 411 g/mol. The minimum absolute atomic E-state index is 0.0451. The SMILES string of the molecule is COC(=O)c1cccc(NC(=O)CN2C(=O)NC(C)(c3ccc(C)cc3)C2=O)c1O. The molecular weight excluding hydrogens is 390 g/mol. The highest BCUT2D eigenvalue weighted by molar-refractivity contribution is 6.10. The van der Waals surface area contributed by atoms with Crippen molar-refractivity contribution in [3.63, 3.8) is 0 Å². The van der Waals surface area contributed by atoms with Gasteiger partial charge >= 0.3 is 12.0 Å². The van der Waals surface area contributed by atoms with Crippen molar-refractivity contribution in [3.8, 4) is 5.75 Å². The molecule has 0 radical (unpaired) electrons. The first kappa shape index (κ1) is 20.8. The van der Waals surface area contributed by atoms with Crippen molar-refractivity contribution >= 4 is 29.5 Å². The Labute approximate surface area is 172 Å². The van der Waals surface area contributed by atoms with Gasteiger partial charge in [0.05, 0.1) is 12.8 Å². The van der Waals surface area contributed by atoms with E-state index in [1.165, 1.54) is 18.2 Å². The van der Waals surface area contributed by atoms with Gasteiger partial charge in [-0.3, -0.25) is 14.5 Å². The molecule has 2 aromatic rings. The van der Waals surface area contributed by atoms with Gasteiger partial charge in [-0.05, 0) is 31.5 Å². The fourth-order valence-electron chi connectivity index (χ4n) is 3.18. The van der Waals surface area contributed by atoms with E-state index in [1.54, 1.807) is 19.1 Å². The van der Waals surface area contributed by atoms with Gasteiger partial charge in [0.15, 0.2) is 5.75 Å². The second-order valence-electron chi connectivity index (χ2n) is 7.05. The van der Waals surface area contributed by atoms with Gasteiger partial charge in [0, 0.05) is 0 Å². The molecule has 1 unspecified atom stereocenters. The maximum absolute atomic E-state index is 12.9. The van der Waals surface area contributed by atoms with Gasteiger partial charge in [0.2, 0.25) is 5.91 Å². The highest BCUT2D eigenvalue weighted by Gasteiger charge is 2.49. The van der Waals surface area contributed by atoms with E-state index in [9.17, 15) is 24.3 Å². The third-order valence-corrected chi connectivity index (χ3v) is 4.92. The monoisotopic (exact) mass is 411 g/mol. The molecule has 4 amide bonds. The number of aryl methyl sites for hydroxylation is 1. The maximum Gasteiger partial charge on any atom is 0.341 e. The predicted octanol–water partition coefficient (Wildman–Crippen LogP) is 1.89. The van der Waals surface area contributed by atoms with Gasteiger partial charge in [-0.15, -0.1) is 0 Å². The van der Waals surface area contributed by atoms with Crippen LogP contribution < -0.4 is 10.6 Å². The van der Waals surface area contributed by atoms with Gasteiger partial charge in [0.25, 0.3) is 5.91 Å². The largest absolute Gasteiger partial charge is 0.505 e. The number of methoxy groups -OCH3 is 1. The number of amides is 4. The number of aromatic hydroxyl groups is 1. The minimum Gasteiger partial charge on any atom is -0.505 e. The molecule has 3 rings (SSSR count). The van der Waals surface area contributed by atoms with Crippen LogP contribution in [0.4, 0.5) is 10.5 Å². The Morgan fingerprint density at radius 3 is 2.47 bits per heavy atom. The van der Waals surface area contributed by atoms with Gasteiger partial charge in [-0.2, -0.15) is 0 Å². The molecular formula is C21H21N3O6. The van der Waals surface area contributed by atoms with E-state index in [1.807, 2.05) is 19.1 Å². The van der Waals surface area contributed by atoms with Gasteiger partial charge in [0.1, 0.15) is 17.6 Å². The first-order chi connectivity index (χ1) is 14.2. The molecule has 1 heterocycles. The molecule has 1 aliphatic heterocycles. The summed E-state index contributed by atoms with van der Waals surface area (Å²) in [6.45, 7) is 2.91. The number of para-hydroxylation sites is 1. The van der Waals surface area contributed by atoms with Crippen LogP contribution in [0.25, 0.3) is 0 Å². The number of rotatable bonds is 5. The third kappa shape index (κ3) is 3.69. The summed E-state index contributed by atoms with van der Waals surface area (Å²) in [5.41, 5.74) is 0.133. The number of hydrogen-bond donors (Lipinski definition) is 3. The van der Waals surface area contributed by atoms with E-state index < -0.39 is 41.6 Å². The van der Waals surface area contributed by atoms with Crippen LogP contribution in [0, 0.1) is 6.92 Å². The molecule has 0 spiro atoms. The number of hydrogen-bond acceptors (Lipinski definition) is 6. The van der Waals surface area contributed by atoms with Crippen LogP contribution in [0.15, 0.2) is 42.5 Å². The molecule has 2 aromatic carbocycles. The lowest BCUT2D eigenvalue weighted by Crippen LogP contribution is -2.42. The van der Waals surface area contributed by atoms with Gasteiger partial charge in [-0.25, -0.2) is 9.59 Å². The zero-order valence-corrected chi connectivity index (χ0v) is 16.7. The first-order valence-corrected chi connectivity index (χ1v) is 9.08. The first-order valence-electron chi connectivity index (χ1n) is 9.08. The Balaban J connectivity index is 1.76. The van der Waals surface area contributed by atoms with Crippen molar-refractivity contribution in [1.82, 2.24) is 10.2 Å². The Kier molecular flexibility index (Phi) is 5.46. The quantitative estimate of drug-likeness (QED) is 0.392. The molecule has 156 valence electrons. The highest BCUT2D eigenvalue weighted by Crippen LogP contribution is 2.30. The Bertz CT molecular complexity index is 1030. The Morgan fingerprint density at radius 2 is 1.83 bits per heavy atom. The van der Waals surface area contributed by atoms with Gasteiger partial charge in [-0.1, -0.05) is 35.9 Å². The van der Waals surface area contributed by atoms with Crippen LogP contribution in [0.3, 0.4) is 0 Å². The number of ether oxygens (including phenoxy) is 1. The number of urea groups is 1. The van der Waals surface area contributed by atoms with E-state index in [0.717, 1.165) is 17.6 Å². The van der Waals surface area contributed by atoms with Crippen LogP contribution >= 0.6 is 0 Å². The zero-order chi connectivity index (χ0) is 22.1. The number of phenolic OH excluding ortho intramolecular Hbond substituents is 1. The van der Waals surface area contributed by atoms with Crippen LogP contribution in [-0.2, 0) is 19.9 Å². The lowest BCUT2D eigenvalue weighted by atomic mass is 9.91. The molecule has 9 nitrogen and oxygen atoms in total. The van der Waals surface area contributed by atoms with E-state index in [2.05, 4.69) is 15.4 Å². The summed E-state index contributed by atoms with van der Waals surface area (Å²) >= 11 is 0. The van der Waals surface area contributed by atoms with Crippen molar-refractivity contribution in [2.45, 2.75) is 19.4 Å². The maximum atomic E-state index is 12.9. The fourth-order valence-corrected chi connectivity index (χ4v) is 3.18. The van der Waals surface area contributed by atoms with E-state index in [-0.39, 0.29) is 11.3 Å². The molecule has 1 aliphatic rings. The van der Waals surface area contributed by atoms with Crippen molar-refractivity contribution in [2.75, 3.05) is 19.0 Å². The standard InChI is InChI=1S/C21H21N3O6/c1-12-7-9-13(10-8-12)21(2)19(28)24(20(29)23-21)11-16(25)22-15-6-4-5-14(17(15)26)18(27)30-3/h4-10,26H,11H2,1-3H3,(H,22,25)(H,23,29). The Hall–Kier alpha value is -3.88. The second-order valence-corrected chi connectivity index (χ2v) is 7.05. The summed E-state index contributed by atoms with van der Waals surface area (Å²) in [5.74, 6) is -2.53. The smallest absolute Gasteiger partial charge is 0.341 e. The van der Waals surface area contributed by atoms with E-state index in [4.69, 9.17) is 0 Å². The van der Waals surface area contributed by atoms with Crippen LogP contribution in [-0.4, -0.2) is 47.5 Å². The molecule has 3 N–H and O–H groups in total. The normalized spacial score (nSPS) is 18.2. The van der Waals surface area contributed by atoms with Crippen molar-refractivity contribution in [1.29, 1.82) is 0 Å². The summed E-state index contributed by atoms with van der Waals surface area (Å²) in [7, 11) is 1.16. The molecule has 1 saturated heterocycles. The molecule has 1 fully saturated rings. The second kappa shape index (κ2) is 7.86. The number of carbonyl (C=O) groups excluding carboxylic acids is 4. The number of anilines is 1. The molecule has 30 heavy (non-hydrogen) atoms. The third-order valence-electron chi connectivity index (χ3n) is 4.92. The zero-order valence-electron chi connectivity index (χ0n) is 16.7. The summed E-state index contributed by atoms with van der Waals surface area (Å²) in [6.07, 6.45) is 0. The number of imide groups is 1. The molecule has 1 atom stereocenters. The lowest BCUT2D eigenvalue weighted by Gasteiger charge is -2.22. The number of phenols is 1. The van der Waals surface area contributed by atoms with Crippen LogP contribution in [0.2, 0.25) is 0 Å². The molecule has 0 aromatic heterocycles. The molecule has 0 saturated carbocycles. The summed E-state index contributed by atoms with van der Waals surface area (Å²) < 4.78 is 4.57. The molecule has 9 heteroatoms. The number of benzene rings is 2. The predicted molar refractivity (Wildman–Crippen MR) is 107 cm³/mol. The molecule has 0 bridgehead atoms. The fraction of sp³-hybridized carbons (Fsp3) is 0.238. The van der Waals surface area contributed by atoms with Crippen LogP contribution in [0.1, 0.15) is 28.4 Å². The van der Waals surface area contributed by atoms with Crippen molar-refractivity contribution in [3.05, 3.63) is 59.2 Å². The molecule has 0 aliphatic carbocycles. The number of esters is 1. The number of nitrogens with zero attached hydrogens (tertiary/aromatic N) is 1. The number of carbonyl (C=O) groups is 4. The average Bonchev–Trinajstić information content (AvgIpc) is 2.93. The van der Waals surface area contributed by atoms with E-state index in [0.29, 0.717) is 5.56 Å². The topological polar surface area (TPSA) is 125 Å². The Morgan fingerprint density at radius 1 is 1.17 bits per heavy atom. The minimum atomic E-state index is -1.29. The highest BCUT2D eigenvalue weighted by atomic mass is 16.5.